The molecule has 0 bridgehead atoms. The molecule has 2 N–H and O–H groups in total. The molecule has 1 saturated carbocycles. The molecule has 2 aromatic carbocycles. The van der Waals surface area contributed by atoms with E-state index in [1.807, 2.05) is 24.3 Å². The maximum absolute atomic E-state index is 12.8. The Balaban J connectivity index is 1.56. The van der Waals surface area contributed by atoms with Crippen LogP contribution in [0.15, 0.2) is 47.3 Å². The standard InChI is InChI=1S/C23H23N5O3/c1-31-17-10-7-14(8-11-17)20-21-25-23(30)18-12-9-15(13-19(18)28(21)27-26-20)22(29)24-16-5-3-2-4-6-16/h7-13,16,27H,2-6H2,1H3,(H,24,29). The number of carbonyl (C=O) groups excluding carboxylic acids is 1. The largest absolute Gasteiger partial charge is 0.497 e. The number of H-pyrrole nitrogens is 1. The summed E-state index contributed by atoms with van der Waals surface area (Å²) in [5.41, 5.74) is 2.49. The molecule has 5 rings (SSSR count). The lowest BCUT2D eigenvalue weighted by Crippen LogP contribution is -2.36. The van der Waals surface area contributed by atoms with Crippen molar-refractivity contribution in [3.8, 4) is 17.0 Å². The molecular weight excluding hydrogens is 394 g/mol. The molecule has 0 spiro atoms. The van der Waals surface area contributed by atoms with E-state index in [2.05, 4.69) is 20.6 Å². The smallest absolute Gasteiger partial charge is 0.281 e. The number of benzene rings is 2. The number of carbonyl (C=O) groups is 1. The topological polar surface area (TPSA) is 101 Å². The highest BCUT2D eigenvalue weighted by atomic mass is 16.5. The minimum atomic E-state index is -0.356. The van der Waals surface area contributed by atoms with E-state index in [-0.39, 0.29) is 17.5 Å². The van der Waals surface area contributed by atoms with Crippen LogP contribution in [-0.2, 0) is 0 Å². The number of aromatic amines is 1. The Morgan fingerprint density at radius 2 is 1.90 bits per heavy atom. The van der Waals surface area contributed by atoms with Gasteiger partial charge in [0.2, 0.25) is 0 Å². The molecule has 0 radical (unpaired) electrons. The molecule has 0 unspecified atom stereocenters. The quantitative estimate of drug-likeness (QED) is 0.530. The van der Waals surface area contributed by atoms with Crippen LogP contribution in [0.2, 0.25) is 0 Å². The second-order valence-corrected chi connectivity index (χ2v) is 7.91. The summed E-state index contributed by atoms with van der Waals surface area (Å²) in [6, 6.07) is 12.6. The van der Waals surface area contributed by atoms with E-state index in [1.54, 1.807) is 29.8 Å². The van der Waals surface area contributed by atoms with Gasteiger partial charge in [0.15, 0.2) is 5.65 Å². The van der Waals surface area contributed by atoms with Crippen LogP contribution in [0, 0.1) is 0 Å². The first-order chi connectivity index (χ1) is 15.1. The zero-order chi connectivity index (χ0) is 21.4. The summed E-state index contributed by atoms with van der Waals surface area (Å²) in [7, 11) is 1.61. The molecule has 1 fully saturated rings. The molecule has 4 aromatic rings. The van der Waals surface area contributed by atoms with Crippen LogP contribution in [-0.4, -0.2) is 38.9 Å². The highest BCUT2D eigenvalue weighted by molar-refractivity contribution is 5.98. The highest BCUT2D eigenvalue weighted by Gasteiger charge is 2.19. The monoisotopic (exact) mass is 417 g/mol. The Morgan fingerprint density at radius 1 is 1.13 bits per heavy atom. The van der Waals surface area contributed by atoms with E-state index >= 15 is 0 Å². The van der Waals surface area contributed by atoms with Crippen LogP contribution >= 0.6 is 0 Å². The minimum Gasteiger partial charge on any atom is -0.497 e. The van der Waals surface area contributed by atoms with Crippen molar-refractivity contribution in [1.29, 1.82) is 0 Å². The van der Waals surface area contributed by atoms with Crippen molar-refractivity contribution in [1.82, 2.24) is 25.1 Å². The molecular formula is C23H23N5O3. The molecule has 0 saturated heterocycles. The number of hydrogen-bond donors (Lipinski definition) is 2. The second-order valence-electron chi connectivity index (χ2n) is 7.91. The SMILES string of the molecule is COc1ccc(-c2n[nH]n3c2nc(=O)c2ccc(C(=O)NC4CCCCC4)cc23)cc1. The summed E-state index contributed by atoms with van der Waals surface area (Å²) >= 11 is 0. The van der Waals surface area contributed by atoms with Gasteiger partial charge in [-0.1, -0.05) is 19.3 Å². The van der Waals surface area contributed by atoms with Gasteiger partial charge in [0.25, 0.3) is 11.5 Å². The number of amides is 1. The summed E-state index contributed by atoms with van der Waals surface area (Å²) in [5.74, 6) is 0.606. The third-order valence-electron chi connectivity index (χ3n) is 5.93. The number of nitrogens with one attached hydrogen (secondary N) is 2. The fourth-order valence-electron chi connectivity index (χ4n) is 4.23. The summed E-state index contributed by atoms with van der Waals surface area (Å²) in [5, 5.41) is 10.9. The van der Waals surface area contributed by atoms with E-state index in [0.717, 1.165) is 37.0 Å². The minimum absolute atomic E-state index is 0.123. The van der Waals surface area contributed by atoms with Gasteiger partial charge in [-0.3, -0.25) is 9.59 Å². The number of fused-ring (bicyclic) bond motifs is 3. The summed E-state index contributed by atoms with van der Waals surface area (Å²) in [6.45, 7) is 0. The summed E-state index contributed by atoms with van der Waals surface area (Å²) in [6.07, 6.45) is 5.54. The van der Waals surface area contributed by atoms with Crippen molar-refractivity contribution in [2.45, 2.75) is 38.1 Å². The first-order valence-electron chi connectivity index (χ1n) is 10.5. The maximum Gasteiger partial charge on any atom is 0.281 e. The molecule has 158 valence electrons. The zero-order valence-electron chi connectivity index (χ0n) is 17.2. The van der Waals surface area contributed by atoms with Gasteiger partial charge in [-0.2, -0.15) is 10.1 Å². The number of rotatable bonds is 4. The Morgan fingerprint density at radius 3 is 2.65 bits per heavy atom. The van der Waals surface area contributed by atoms with Gasteiger partial charge in [0, 0.05) is 17.2 Å². The average molecular weight is 417 g/mol. The number of methoxy groups -OCH3 is 1. The lowest BCUT2D eigenvalue weighted by molar-refractivity contribution is 0.0928. The molecule has 2 aromatic heterocycles. The Bertz CT molecular complexity index is 1320. The number of ether oxygens (including phenoxy) is 1. The van der Waals surface area contributed by atoms with Gasteiger partial charge in [-0.25, -0.2) is 9.73 Å². The van der Waals surface area contributed by atoms with E-state index < -0.39 is 0 Å². The Labute approximate surface area is 178 Å². The molecule has 31 heavy (non-hydrogen) atoms. The van der Waals surface area contributed by atoms with E-state index in [1.165, 1.54) is 6.42 Å². The molecule has 0 atom stereocenters. The highest BCUT2D eigenvalue weighted by Crippen LogP contribution is 2.25. The van der Waals surface area contributed by atoms with E-state index in [9.17, 15) is 9.59 Å². The van der Waals surface area contributed by atoms with Crippen LogP contribution in [0.5, 0.6) is 5.75 Å². The summed E-state index contributed by atoms with van der Waals surface area (Å²) < 4.78 is 6.85. The average Bonchev–Trinajstić information content (AvgIpc) is 3.23. The van der Waals surface area contributed by atoms with Gasteiger partial charge in [0.05, 0.1) is 18.0 Å². The lowest BCUT2D eigenvalue weighted by Gasteiger charge is -2.22. The van der Waals surface area contributed by atoms with E-state index in [0.29, 0.717) is 27.8 Å². The van der Waals surface area contributed by atoms with Gasteiger partial charge >= 0.3 is 0 Å². The Hall–Kier alpha value is -3.68. The molecule has 2 heterocycles. The third-order valence-corrected chi connectivity index (χ3v) is 5.93. The lowest BCUT2D eigenvalue weighted by atomic mass is 9.95. The number of hydrogen-bond acceptors (Lipinski definition) is 5. The zero-order valence-corrected chi connectivity index (χ0v) is 17.2. The van der Waals surface area contributed by atoms with Crippen molar-refractivity contribution in [2.75, 3.05) is 7.11 Å². The number of nitrogens with zero attached hydrogens (tertiary/aromatic N) is 3. The molecule has 1 amide bonds. The molecule has 0 aliphatic heterocycles. The molecule has 8 heteroatoms. The summed E-state index contributed by atoms with van der Waals surface area (Å²) in [4.78, 5) is 29.7. The van der Waals surface area contributed by atoms with Crippen molar-refractivity contribution in [3.63, 3.8) is 0 Å². The normalized spacial score (nSPS) is 14.7. The van der Waals surface area contributed by atoms with Crippen molar-refractivity contribution < 1.29 is 9.53 Å². The van der Waals surface area contributed by atoms with Crippen LogP contribution in [0.3, 0.4) is 0 Å². The molecule has 1 aliphatic carbocycles. The molecule has 8 nitrogen and oxygen atoms in total. The van der Waals surface area contributed by atoms with E-state index in [4.69, 9.17) is 4.74 Å². The predicted molar refractivity (Wildman–Crippen MR) is 117 cm³/mol. The number of aromatic nitrogens is 4. The van der Waals surface area contributed by atoms with Crippen LogP contribution < -0.4 is 15.6 Å². The maximum atomic E-state index is 12.8. The molecule has 1 aliphatic rings. The van der Waals surface area contributed by atoms with Gasteiger partial charge in [-0.15, -0.1) is 0 Å². The van der Waals surface area contributed by atoms with Crippen LogP contribution in [0.25, 0.3) is 27.8 Å². The second kappa shape index (κ2) is 7.86. The predicted octanol–water partition coefficient (Wildman–Crippen LogP) is 3.31. The fraction of sp³-hybridized carbons (Fsp3) is 0.304. The van der Waals surface area contributed by atoms with Crippen LogP contribution in [0.1, 0.15) is 42.5 Å². The van der Waals surface area contributed by atoms with Gasteiger partial charge in [0.1, 0.15) is 11.4 Å². The van der Waals surface area contributed by atoms with Gasteiger partial charge < -0.3 is 10.1 Å². The first kappa shape index (κ1) is 19.3. The Kier molecular flexibility index (Phi) is 4.89. The first-order valence-corrected chi connectivity index (χ1v) is 10.5. The van der Waals surface area contributed by atoms with Crippen molar-refractivity contribution >= 4 is 22.5 Å². The fourth-order valence-corrected chi connectivity index (χ4v) is 4.23. The van der Waals surface area contributed by atoms with Crippen molar-refractivity contribution in [3.05, 3.63) is 58.4 Å². The third kappa shape index (κ3) is 3.54. The van der Waals surface area contributed by atoms with Gasteiger partial charge in [-0.05, 0) is 55.3 Å². The van der Waals surface area contributed by atoms with Crippen LogP contribution in [0.4, 0.5) is 0 Å². The van der Waals surface area contributed by atoms with Crippen molar-refractivity contribution in [2.24, 2.45) is 0 Å².